The van der Waals surface area contributed by atoms with Crippen LogP contribution in [-0.4, -0.2) is 50.7 Å². The minimum atomic E-state index is -0.494. The minimum Gasteiger partial charge on any atom is -0.464 e. The molecule has 1 aromatic heterocycles. The van der Waals surface area contributed by atoms with Crippen LogP contribution < -0.4 is 10.1 Å². The van der Waals surface area contributed by atoms with Crippen molar-refractivity contribution in [2.45, 2.75) is 50.5 Å². The average Bonchev–Trinajstić information content (AvgIpc) is 3.22. The van der Waals surface area contributed by atoms with Gasteiger partial charge in [0.1, 0.15) is 5.69 Å². The number of nitro benzene ring substituents is 1. The van der Waals surface area contributed by atoms with Crippen molar-refractivity contribution >= 4 is 11.6 Å². The number of rotatable bonds is 6. The molecule has 2 aromatic rings. The fourth-order valence-electron chi connectivity index (χ4n) is 4.21. The minimum absolute atomic E-state index is 0.0174. The average molecular weight is 385 g/mol. The molecule has 148 valence electrons. The molecule has 2 aliphatic heterocycles. The smallest absolute Gasteiger partial charge is 0.311 e. The zero-order valence-corrected chi connectivity index (χ0v) is 15.7. The number of benzene rings is 1. The molecule has 9 heteroatoms. The number of ether oxygens (including phenoxy) is 1. The lowest BCUT2D eigenvalue weighted by molar-refractivity contribution is -0.386. The zero-order chi connectivity index (χ0) is 19.7. The van der Waals surface area contributed by atoms with E-state index >= 15 is 0 Å². The summed E-state index contributed by atoms with van der Waals surface area (Å²) in [6, 6.07) is 9.07. The number of nitrogens with zero attached hydrogens (tertiary/aromatic N) is 4. The first kappa shape index (κ1) is 18.4. The molecule has 3 heterocycles. The van der Waals surface area contributed by atoms with Gasteiger partial charge in [-0.05, 0) is 44.9 Å². The van der Waals surface area contributed by atoms with Gasteiger partial charge in [-0.25, -0.2) is 4.68 Å². The number of piperidine rings is 1. The second-order valence-corrected chi connectivity index (χ2v) is 7.43. The molecule has 28 heavy (non-hydrogen) atoms. The number of hydrogen-bond acceptors (Lipinski definition) is 6. The molecule has 1 aromatic carbocycles. The Bertz CT molecular complexity index is 869. The first-order valence-electron chi connectivity index (χ1n) is 9.43. The summed E-state index contributed by atoms with van der Waals surface area (Å²) in [4.78, 5) is 25.5. The molecule has 1 amide bonds. The third-order valence-electron chi connectivity index (χ3n) is 5.72. The molecule has 0 radical (unpaired) electrons. The molecule has 0 saturated carbocycles. The normalized spacial score (nSPS) is 24.1. The van der Waals surface area contributed by atoms with Crippen LogP contribution in [0.4, 0.5) is 5.69 Å². The number of hydrogen-bond donors (Lipinski definition) is 1. The molecule has 2 fully saturated rings. The maximum absolute atomic E-state index is 12.5. The van der Waals surface area contributed by atoms with Crippen LogP contribution in [0.2, 0.25) is 0 Å². The molecule has 2 bridgehead atoms. The van der Waals surface area contributed by atoms with Gasteiger partial charge >= 0.3 is 5.69 Å². The highest BCUT2D eigenvalue weighted by atomic mass is 16.6. The van der Waals surface area contributed by atoms with E-state index in [1.165, 1.54) is 29.7 Å². The van der Waals surface area contributed by atoms with Crippen LogP contribution in [0, 0.1) is 10.1 Å². The van der Waals surface area contributed by atoms with Crippen molar-refractivity contribution < 1.29 is 14.5 Å². The number of amides is 1. The number of para-hydroxylation sites is 2. The number of carbonyl (C=O) groups excluding carboxylic acids is 1. The number of carbonyl (C=O) groups is 1. The molecule has 2 saturated heterocycles. The van der Waals surface area contributed by atoms with E-state index in [0.717, 1.165) is 12.8 Å². The molecule has 1 N–H and O–H groups in total. The Kier molecular flexibility index (Phi) is 4.99. The van der Waals surface area contributed by atoms with Gasteiger partial charge in [0, 0.05) is 30.4 Å². The highest BCUT2D eigenvalue weighted by molar-refractivity contribution is 5.92. The van der Waals surface area contributed by atoms with Gasteiger partial charge in [0.05, 0.1) is 4.92 Å². The second kappa shape index (κ2) is 7.59. The van der Waals surface area contributed by atoms with Crippen molar-refractivity contribution in [1.82, 2.24) is 20.0 Å². The van der Waals surface area contributed by atoms with E-state index in [2.05, 4.69) is 22.4 Å². The van der Waals surface area contributed by atoms with E-state index in [-0.39, 0.29) is 30.1 Å². The van der Waals surface area contributed by atoms with Crippen molar-refractivity contribution in [3.63, 3.8) is 0 Å². The maximum Gasteiger partial charge on any atom is 0.311 e. The van der Waals surface area contributed by atoms with Crippen molar-refractivity contribution in [2.24, 2.45) is 0 Å². The Morgan fingerprint density at radius 3 is 2.71 bits per heavy atom. The second-order valence-electron chi connectivity index (χ2n) is 7.43. The monoisotopic (exact) mass is 385 g/mol. The van der Waals surface area contributed by atoms with Crippen LogP contribution in [0.3, 0.4) is 0 Å². The molecule has 0 unspecified atom stereocenters. The molecule has 4 rings (SSSR count). The molecule has 2 aliphatic rings. The number of nitro groups is 1. The number of nitrogens with one attached hydrogen (secondary N) is 1. The van der Waals surface area contributed by atoms with Gasteiger partial charge in [0.2, 0.25) is 0 Å². The highest BCUT2D eigenvalue weighted by Gasteiger charge is 2.38. The Hall–Kier alpha value is -2.94. The Labute approximate surface area is 162 Å². The maximum atomic E-state index is 12.5. The number of aromatic nitrogens is 2. The van der Waals surface area contributed by atoms with Crippen molar-refractivity contribution in [1.29, 1.82) is 0 Å². The summed E-state index contributed by atoms with van der Waals surface area (Å²) < 4.78 is 6.95. The highest BCUT2D eigenvalue weighted by Crippen LogP contribution is 2.34. The van der Waals surface area contributed by atoms with E-state index in [4.69, 9.17) is 4.74 Å². The van der Waals surface area contributed by atoms with Crippen molar-refractivity contribution in [2.75, 3.05) is 7.05 Å². The summed E-state index contributed by atoms with van der Waals surface area (Å²) in [5.74, 6) is -0.0332. The molecular weight excluding hydrogens is 362 g/mol. The predicted octanol–water partition coefficient (Wildman–Crippen LogP) is 2.18. The van der Waals surface area contributed by atoms with Crippen LogP contribution in [0.15, 0.2) is 36.5 Å². The van der Waals surface area contributed by atoms with Crippen LogP contribution in [0.25, 0.3) is 0 Å². The summed E-state index contributed by atoms with van der Waals surface area (Å²) in [5.41, 5.74) is 0.210. The Balaban J connectivity index is 1.34. The van der Waals surface area contributed by atoms with E-state index in [9.17, 15) is 14.9 Å². The van der Waals surface area contributed by atoms with Gasteiger partial charge in [-0.2, -0.15) is 5.10 Å². The quantitative estimate of drug-likeness (QED) is 0.604. The lowest BCUT2D eigenvalue weighted by Crippen LogP contribution is -2.48. The summed E-state index contributed by atoms with van der Waals surface area (Å²) in [5, 5.41) is 18.4. The van der Waals surface area contributed by atoms with Crippen molar-refractivity contribution in [3.8, 4) is 5.75 Å². The summed E-state index contributed by atoms with van der Waals surface area (Å²) >= 11 is 0. The van der Waals surface area contributed by atoms with Crippen LogP contribution >= 0.6 is 0 Å². The molecular formula is C19H23N5O4. The van der Waals surface area contributed by atoms with Crippen LogP contribution in [0.1, 0.15) is 36.2 Å². The SMILES string of the molecule is CN1[C@H]2CC[C@H]1CC(NC(=O)c1ccn(COc3ccccc3[N+](=O)[O-])n1)C2. The van der Waals surface area contributed by atoms with E-state index < -0.39 is 4.92 Å². The number of fused-ring (bicyclic) bond motifs is 2. The topological polar surface area (TPSA) is 103 Å². The van der Waals surface area contributed by atoms with Gasteiger partial charge in [-0.15, -0.1) is 0 Å². The fraction of sp³-hybridized carbons (Fsp3) is 0.474. The van der Waals surface area contributed by atoms with E-state index in [1.807, 2.05) is 0 Å². The lowest BCUT2D eigenvalue weighted by Gasteiger charge is -2.36. The predicted molar refractivity (Wildman–Crippen MR) is 101 cm³/mol. The van der Waals surface area contributed by atoms with Gasteiger partial charge < -0.3 is 15.0 Å². The summed E-state index contributed by atoms with van der Waals surface area (Å²) in [6.07, 6.45) is 5.97. The van der Waals surface area contributed by atoms with Crippen LogP contribution in [0.5, 0.6) is 5.75 Å². The third kappa shape index (κ3) is 3.70. The summed E-state index contributed by atoms with van der Waals surface area (Å²) in [7, 11) is 2.17. The Morgan fingerprint density at radius 1 is 1.29 bits per heavy atom. The van der Waals surface area contributed by atoms with Gasteiger partial charge in [-0.3, -0.25) is 14.9 Å². The first-order valence-corrected chi connectivity index (χ1v) is 9.43. The molecule has 0 spiro atoms. The van der Waals surface area contributed by atoms with Gasteiger partial charge in [0.25, 0.3) is 5.91 Å². The van der Waals surface area contributed by atoms with Gasteiger partial charge in [0.15, 0.2) is 12.5 Å². The zero-order valence-electron chi connectivity index (χ0n) is 15.7. The van der Waals surface area contributed by atoms with Crippen molar-refractivity contribution in [3.05, 3.63) is 52.3 Å². The third-order valence-corrected chi connectivity index (χ3v) is 5.72. The standard InChI is InChI=1S/C19H23N5O4/c1-22-14-6-7-15(22)11-13(10-14)20-19(25)16-8-9-23(21-16)12-28-18-5-3-2-4-17(18)24(26)27/h2-5,8-9,13-15H,6-7,10-12H2,1H3,(H,20,25)/t14-,15-/m0/s1. The van der Waals surface area contributed by atoms with E-state index in [0.29, 0.717) is 17.8 Å². The summed E-state index contributed by atoms with van der Waals surface area (Å²) in [6.45, 7) is -0.0174. The molecule has 2 atom stereocenters. The fourth-order valence-corrected chi connectivity index (χ4v) is 4.21. The molecule has 0 aliphatic carbocycles. The Morgan fingerprint density at radius 2 is 2.00 bits per heavy atom. The van der Waals surface area contributed by atoms with Gasteiger partial charge in [-0.1, -0.05) is 12.1 Å². The van der Waals surface area contributed by atoms with Crippen LogP contribution in [-0.2, 0) is 6.73 Å². The lowest BCUT2D eigenvalue weighted by atomic mass is 9.98. The first-order chi connectivity index (χ1) is 13.5. The van der Waals surface area contributed by atoms with E-state index in [1.54, 1.807) is 24.4 Å². The molecule has 9 nitrogen and oxygen atoms in total. The largest absolute Gasteiger partial charge is 0.464 e.